The van der Waals surface area contributed by atoms with Crippen LogP contribution < -0.4 is 9.47 Å². The summed E-state index contributed by atoms with van der Waals surface area (Å²) in [6.45, 7) is 6.76. The quantitative estimate of drug-likeness (QED) is 0.171. The summed E-state index contributed by atoms with van der Waals surface area (Å²) in [5, 5.41) is 23.1. The van der Waals surface area contributed by atoms with Gasteiger partial charge < -0.3 is 23.9 Å². The molecule has 35 heavy (non-hydrogen) atoms. The van der Waals surface area contributed by atoms with Gasteiger partial charge >= 0.3 is 6.16 Å². The summed E-state index contributed by atoms with van der Waals surface area (Å²) in [6, 6.07) is 8.51. The monoisotopic (exact) mass is 496 g/mol. The van der Waals surface area contributed by atoms with Gasteiger partial charge in [-0.05, 0) is 71.2 Å². The summed E-state index contributed by atoms with van der Waals surface area (Å²) < 4.78 is 17.6. The van der Waals surface area contributed by atoms with Crippen LogP contribution >= 0.6 is 0 Å². The third kappa shape index (κ3) is 10.1. The van der Waals surface area contributed by atoms with E-state index >= 15 is 0 Å². The summed E-state index contributed by atoms with van der Waals surface area (Å²) >= 11 is 0. The molecule has 14 heteroatoms. The molecule has 2 aromatic rings. The molecule has 1 unspecified atom stereocenters. The van der Waals surface area contributed by atoms with E-state index in [4.69, 9.17) is 14.2 Å². The first kappa shape index (κ1) is 27.1. The van der Waals surface area contributed by atoms with E-state index in [1.165, 1.54) is 4.68 Å². The van der Waals surface area contributed by atoms with E-state index in [2.05, 4.69) is 14.8 Å². The highest BCUT2D eigenvalue weighted by molar-refractivity contribution is 5.64. The predicted molar refractivity (Wildman–Crippen MR) is 119 cm³/mol. The van der Waals surface area contributed by atoms with Crippen LogP contribution in [0.2, 0.25) is 0 Å². The molecule has 1 atom stereocenters. The molecule has 0 N–H and O–H groups in total. The Morgan fingerprint density at radius 1 is 1.11 bits per heavy atom. The number of benzene rings is 1. The fourth-order valence-corrected chi connectivity index (χ4v) is 2.87. The molecular formula is C21H28N4O10. The van der Waals surface area contributed by atoms with Gasteiger partial charge in [0, 0.05) is 6.07 Å². The molecule has 0 bridgehead atoms. The molecule has 1 heterocycles. The van der Waals surface area contributed by atoms with Crippen molar-refractivity contribution in [3.8, 4) is 17.3 Å². The van der Waals surface area contributed by atoms with Crippen molar-refractivity contribution >= 4 is 6.16 Å². The van der Waals surface area contributed by atoms with Crippen LogP contribution in [0.4, 0.5) is 4.79 Å². The first-order valence-corrected chi connectivity index (χ1v) is 10.7. The van der Waals surface area contributed by atoms with E-state index in [-0.39, 0.29) is 12.3 Å². The van der Waals surface area contributed by atoms with E-state index in [0.29, 0.717) is 36.6 Å². The van der Waals surface area contributed by atoms with Gasteiger partial charge in [0.05, 0.1) is 18.0 Å². The van der Waals surface area contributed by atoms with Crippen LogP contribution in [0.5, 0.6) is 11.6 Å². The molecule has 2 rings (SSSR count). The fraction of sp³-hybridized carbons (Fsp3) is 0.524. The van der Waals surface area contributed by atoms with Gasteiger partial charge in [0.25, 0.3) is 10.2 Å². The van der Waals surface area contributed by atoms with Gasteiger partial charge in [-0.2, -0.15) is 5.10 Å². The van der Waals surface area contributed by atoms with Crippen molar-refractivity contribution < 1.29 is 38.9 Å². The van der Waals surface area contributed by atoms with Crippen molar-refractivity contribution in [2.75, 3.05) is 13.2 Å². The number of ether oxygens (including phenoxy) is 3. The number of carbonyl (C=O) groups is 1. The molecule has 0 radical (unpaired) electrons. The molecule has 14 nitrogen and oxygen atoms in total. The lowest BCUT2D eigenvalue weighted by molar-refractivity contribution is -0.790. The van der Waals surface area contributed by atoms with Crippen molar-refractivity contribution in [2.45, 2.75) is 58.7 Å². The Bertz CT molecular complexity index is 1000. The average molecular weight is 496 g/mol. The Morgan fingerprint density at radius 2 is 1.80 bits per heavy atom. The van der Waals surface area contributed by atoms with Crippen molar-refractivity contribution in [1.29, 1.82) is 0 Å². The highest BCUT2D eigenvalue weighted by Crippen LogP contribution is 2.23. The predicted octanol–water partition coefficient (Wildman–Crippen LogP) is 3.83. The fourth-order valence-electron chi connectivity index (χ4n) is 2.87. The maximum absolute atomic E-state index is 12.0. The van der Waals surface area contributed by atoms with E-state index in [1.807, 2.05) is 0 Å². The van der Waals surface area contributed by atoms with E-state index < -0.39 is 34.6 Å². The molecule has 0 aliphatic carbocycles. The second-order valence-electron chi connectivity index (χ2n) is 8.41. The van der Waals surface area contributed by atoms with Gasteiger partial charge in [-0.15, -0.1) is 20.2 Å². The maximum Gasteiger partial charge on any atom is 0.515 e. The molecular weight excluding hydrogens is 468 g/mol. The number of rotatable bonds is 13. The first-order chi connectivity index (χ1) is 16.4. The summed E-state index contributed by atoms with van der Waals surface area (Å²) in [5.41, 5.74) is 0.584. The van der Waals surface area contributed by atoms with E-state index in [1.54, 1.807) is 58.0 Å². The molecule has 192 valence electrons. The lowest BCUT2D eigenvalue weighted by Gasteiger charge is -2.18. The van der Waals surface area contributed by atoms with Gasteiger partial charge in [-0.3, -0.25) is 0 Å². The molecule has 0 spiro atoms. The van der Waals surface area contributed by atoms with Crippen molar-refractivity contribution in [1.82, 2.24) is 9.78 Å². The smallest absolute Gasteiger partial charge is 0.494 e. The van der Waals surface area contributed by atoms with Crippen molar-refractivity contribution in [3.05, 3.63) is 56.3 Å². The standard InChI is InChI=1S/C21H28N4O10/c1-15-13-19(33-20(26)34-21(2,3)4)23(22-15)16-8-10-17(11-9-16)31-12-6-5-7-18(35-25(29)30)14-32-24(27)28/h8-11,13,18H,5-7,12,14H2,1-4H3. The number of unbranched alkanes of at least 4 members (excludes halogenated alkanes) is 1. The third-order valence-corrected chi connectivity index (χ3v) is 4.25. The highest BCUT2D eigenvalue weighted by Gasteiger charge is 2.21. The van der Waals surface area contributed by atoms with Crippen LogP contribution in [0.25, 0.3) is 5.69 Å². The Labute approximate surface area is 200 Å². The largest absolute Gasteiger partial charge is 0.515 e. The SMILES string of the molecule is Cc1cc(OC(=O)OC(C)(C)C)n(-c2ccc(OCCCCC(CO[N+](=O)[O-])O[N+](=O)[O-])cc2)n1. The lowest BCUT2D eigenvalue weighted by atomic mass is 10.2. The number of nitrogens with zero attached hydrogens (tertiary/aromatic N) is 4. The van der Waals surface area contributed by atoms with Crippen LogP contribution in [0.15, 0.2) is 30.3 Å². The minimum atomic E-state index is -1.04. The Kier molecular flexibility index (Phi) is 9.61. The van der Waals surface area contributed by atoms with Gasteiger partial charge in [-0.25, -0.2) is 9.48 Å². The van der Waals surface area contributed by atoms with E-state index in [9.17, 15) is 25.0 Å². The number of hydrogen-bond acceptors (Lipinski definition) is 11. The van der Waals surface area contributed by atoms with Crippen molar-refractivity contribution in [3.63, 3.8) is 0 Å². The molecule has 0 saturated carbocycles. The van der Waals surface area contributed by atoms with Gasteiger partial charge in [0.1, 0.15) is 24.1 Å². The molecule has 0 aliphatic rings. The van der Waals surface area contributed by atoms with Crippen LogP contribution in [0.1, 0.15) is 45.7 Å². The zero-order valence-electron chi connectivity index (χ0n) is 19.9. The summed E-state index contributed by atoms with van der Waals surface area (Å²) in [7, 11) is 0. The normalized spacial score (nSPS) is 11.9. The van der Waals surface area contributed by atoms with Crippen LogP contribution in [-0.2, 0) is 14.4 Å². The summed E-state index contributed by atoms with van der Waals surface area (Å²) in [6.07, 6.45) is -0.686. The summed E-state index contributed by atoms with van der Waals surface area (Å²) in [5.74, 6) is 0.778. The zero-order valence-corrected chi connectivity index (χ0v) is 19.9. The molecule has 0 saturated heterocycles. The zero-order chi connectivity index (χ0) is 26.0. The Morgan fingerprint density at radius 3 is 2.40 bits per heavy atom. The Hall–Kier alpha value is -4.10. The molecule has 0 aliphatic heterocycles. The second kappa shape index (κ2) is 12.4. The summed E-state index contributed by atoms with van der Waals surface area (Å²) in [4.78, 5) is 41.3. The molecule has 0 amide bonds. The first-order valence-electron chi connectivity index (χ1n) is 10.7. The number of hydrogen-bond donors (Lipinski definition) is 0. The van der Waals surface area contributed by atoms with Gasteiger partial charge in [0.2, 0.25) is 5.88 Å². The molecule has 1 aromatic carbocycles. The maximum atomic E-state index is 12.0. The Balaban J connectivity index is 1.86. The van der Waals surface area contributed by atoms with Gasteiger partial charge in [0.15, 0.2) is 0 Å². The van der Waals surface area contributed by atoms with Gasteiger partial charge in [-0.1, -0.05) is 0 Å². The minimum absolute atomic E-state index is 0.191. The average Bonchev–Trinajstić information content (AvgIpc) is 3.10. The molecule has 0 fully saturated rings. The lowest BCUT2D eigenvalue weighted by Crippen LogP contribution is -2.26. The number of carbonyl (C=O) groups excluding carboxylic acids is 1. The topological polar surface area (TPSA) is 167 Å². The highest BCUT2D eigenvalue weighted by atomic mass is 17.0. The second-order valence-corrected chi connectivity index (χ2v) is 8.41. The third-order valence-electron chi connectivity index (χ3n) is 4.25. The van der Waals surface area contributed by atoms with Crippen LogP contribution in [0.3, 0.4) is 0 Å². The van der Waals surface area contributed by atoms with E-state index in [0.717, 1.165) is 0 Å². The number of aromatic nitrogens is 2. The molecule has 1 aromatic heterocycles. The van der Waals surface area contributed by atoms with Crippen LogP contribution in [-0.4, -0.2) is 51.0 Å². The van der Waals surface area contributed by atoms with Crippen LogP contribution in [0, 0.1) is 27.2 Å². The number of aryl methyl sites for hydroxylation is 1. The van der Waals surface area contributed by atoms with Crippen molar-refractivity contribution in [2.24, 2.45) is 0 Å². The minimum Gasteiger partial charge on any atom is -0.494 e.